The van der Waals surface area contributed by atoms with Crippen molar-refractivity contribution in [3.8, 4) is 0 Å². The van der Waals surface area contributed by atoms with E-state index < -0.39 is 10.0 Å². The highest BCUT2D eigenvalue weighted by molar-refractivity contribution is 7.89. The Balaban J connectivity index is 3.14. The third-order valence-electron chi connectivity index (χ3n) is 2.86. The van der Waals surface area contributed by atoms with Crippen LogP contribution in [0.1, 0.15) is 25.8 Å². The fourth-order valence-electron chi connectivity index (χ4n) is 1.86. The van der Waals surface area contributed by atoms with Crippen LogP contribution in [0.3, 0.4) is 0 Å². The molecule has 0 saturated carbocycles. The SMILES string of the molecule is Cc1ccccc1S(=O)(=O)N(CCC(=N)N)C(C)C. The average molecular weight is 283 g/mol. The van der Waals surface area contributed by atoms with Gasteiger partial charge in [-0.1, -0.05) is 18.2 Å². The zero-order valence-electron chi connectivity index (χ0n) is 11.6. The van der Waals surface area contributed by atoms with Crippen LogP contribution in [0.2, 0.25) is 0 Å². The van der Waals surface area contributed by atoms with Gasteiger partial charge in [0.15, 0.2) is 0 Å². The molecule has 0 aliphatic rings. The van der Waals surface area contributed by atoms with Crippen molar-refractivity contribution in [3.05, 3.63) is 29.8 Å². The second-order valence-electron chi connectivity index (χ2n) is 4.75. The van der Waals surface area contributed by atoms with Gasteiger partial charge in [-0.05, 0) is 32.4 Å². The summed E-state index contributed by atoms with van der Waals surface area (Å²) in [4.78, 5) is 0.312. The summed E-state index contributed by atoms with van der Waals surface area (Å²) in [5.41, 5.74) is 6.03. The molecule has 1 rings (SSSR count). The van der Waals surface area contributed by atoms with Crippen molar-refractivity contribution in [1.82, 2.24) is 4.31 Å². The summed E-state index contributed by atoms with van der Waals surface area (Å²) in [5, 5.41) is 7.24. The van der Waals surface area contributed by atoms with Crippen molar-refractivity contribution in [1.29, 1.82) is 5.41 Å². The summed E-state index contributed by atoms with van der Waals surface area (Å²) in [6.07, 6.45) is 0.239. The molecule has 0 aliphatic heterocycles. The predicted molar refractivity (Wildman–Crippen MR) is 76.7 cm³/mol. The summed E-state index contributed by atoms with van der Waals surface area (Å²) in [5.74, 6) is -0.00867. The van der Waals surface area contributed by atoms with Gasteiger partial charge in [0.1, 0.15) is 0 Å². The Labute approximate surface area is 115 Å². The normalized spacial score (nSPS) is 12.1. The molecular weight excluding hydrogens is 262 g/mol. The lowest BCUT2D eigenvalue weighted by atomic mass is 10.2. The van der Waals surface area contributed by atoms with Crippen LogP contribution in [-0.2, 0) is 10.0 Å². The minimum Gasteiger partial charge on any atom is -0.388 e. The van der Waals surface area contributed by atoms with Crippen molar-refractivity contribution in [3.63, 3.8) is 0 Å². The summed E-state index contributed by atoms with van der Waals surface area (Å²) in [6, 6.07) is 6.72. The smallest absolute Gasteiger partial charge is 0.243 e. The van der Waals surface area contributed by atoms with E-state index in [1.807, 2.05) is 19.9 Å². The van der Waals surface area contributed by atoms with E-state index in [4.69, 9.17) is 11.1 Å². The number of rotatable bonds is 6. The minimum atomic E-state index is -3.55. The quantitative estimate of drug-likeness (QED) is 0.615. The molecule has 0 amide bonds. The lowest BCUT2D eigenvalue weighted by Crippen LogP contribution is -2.39. The highest BCUT2D eigenvalue weighted by Crippen LogP contribution is 2.21. The minimum absolute atomic E-state index is 0.00867. The Morgan fingerprint density at radius 3 is 2.42 bits per heavy atom. The molecule has 0 saturated heterocycles. The summed E-state index contributed by atoms with van der Waals surface area (Å²) in [7, 11) is -3.55. The largest absolute Gasteiger partial charge is 0.388 e. The lowest BCUT2D eigenvalue weighted by Gasteiger charge is -2.26. The van der Waals surface area contributed by atoms with E-state index >= 15 is 0 Å². The Kier molecular flexibility index (Phi) is 5.08. The topological polar surface area (TPSA) is 87.2 Å². The zero-order valence-corrected chi connectivity index (χ0v) is 12.4. The van der Waals surface area contributed by atoms with Gasteiger partial charge in [-0.3, -0.25) is 5.41 Å². The van der Waals surface area contributed by atoms with Gasteiger partial charge in [0.25, 0.3) is 0 Å². The molecule has 3 N–H and O–H groups in total. The number of nitrogens with two attached hydrogens (primary N) is 1. The molecule has 0 atom stereocenters. The molecule has 19 heavy (non-hydrogen) atoms. The van der Waals surface area contributed by atoms with E-state index in [1.54, 1.807) is 25.1 Å². The van der Waals surface area contributed by atoms with Crippen molar-refractivity contribution < 1.29 is 8.42 Å². The van der Waals surface area contributed by atoms with E-state index in [9.17, 15) is 8.42 Å². The molecule has 1 aromatic rings. The summed E-state index contributed by atoms with van der Waals surface area (Å²) >= 11 is 0. The average Bonchev–Trinajstić information content (AvgIpc) is 2.28. The van der Waals surface area contributed by atoms with Crippen LogP contribution in [0.25, 0.3) is 0 Å². The van der Waals surface area contributed by atoms with Crippen LogP contribution < -0.4 is 5.73 Å². The van der Waals surface area contributed by atoms with Crippen LogP contribution >= 0.6 is 0 Å². The molecule has 1 aromatic carbocycles. The van der Waals surface area contributed by atoms with Crippen LogP contribution in [0.5, 0.6) is 0 Å². The molecule has 0 radical (unpaired) electrons. The van der Waals surface area contributed by atoms with Crippen molar-refractivity contribution >= 4 is 15.9 Å². The second kappa shape index (κ2) is 6.16. The number of benzene rings is 1. The highest BCUT2D eigenvalue weighted by Gasteiger charge is 2.27. The Morgan fingerprint density at radius 1 is 1.37 bits per heavy atom. The monoisotopic (exact) mass is 283 g/mol. The first-order chi connectivity index (χ1) is 8.76. The van der Waals surface area contributed by atoms with Gasteiger partial charge in [0, 0.05) is 19.0 Å². The van der Waals surface area contributed by atoms with Gasteiger partial charge >= 0.3 is 0 Å². The number of aryl methyl sites for hydroxylation is 1. The molecule has 0 spiro atoms. The fraction of sp³-hybridized carbons (Fsp3) is 0.462. The number of hydrogen-bond donors (Lipinski definition) is 2. The molecule has 106 valence electrons. The third-order valence-corrected chi connectivity index (χ3v) is 5.09. The van der Waals surface area contributed by atoms with Gasteiger partial charge in [-0.2, -0.15) is 4.31 Å². The number of amidine groups is 1. The first-order valence-corrected chi connectivity index (χ1v) is 7.61. The Hall–Kier alpha value is -1.40. The molecule has 0 aromatic heterocycles. The van der Waals surface area contributed by atoms with E-state index in [1.165, 1.54) is 4.31 Å². The maximum atomic E-state index is 12.6. The zero-order chi connectivity index (χ0) is 14.6. The van der Waals surface area contributed by atoms with Crippen molar-refractivity contribution in [2.45, 2.75) is 38.1 Å². The maximum Gasteiger partial charge on any atom is 0.243 e. The van der Waals surface area contributed by atoms with Gasteiger partial charge < -0.3 is 5.73 Å². The van der Waals surface area contributed by atoms with Gasteiger partial charge in [0.2, 0.25) is 10.0 Å². The highest BCUT2D eigenvalue weighted by atomic mass is 32.2. The first-order valence-electron chi connectivity index (χ1n) is 6.17. The number of hydrogen-bond acceptors (Lipinski definition) is 3. The Bertz CT molecular complexity index is 553. The molecule has 0 unspecified atom stereocenters. The van der Waals surface area contributed by atoms with Crippen molar-refractivity contribution in [2.75, 3.05) is 6.54 Å². The molecule has 5 nitrogen and oxygen atoms in total. The summed E-state index contributed by atoms with van der Waals surface area (Å²) < 4.78 is 26.6. The molecular formula is C13H21N3O2S. The summed E-state index contributed by atoms with van der Waals surface area (Å²) in [6.45, 7) is 5.63. The molecule has 0 bridgehead atoms. The van der Waals surface area contributed by atoms with Crippen LogP contribution in [0, 0.1) is 12.3 Å². The predicted octanol–water partition coefficient (Wildman–Crippen LogP) is 1.72. The van der Waals surface area contributed by atoms with Crippen LogP contribution in [0.15, 0.2) is 29.2 Å². The first kappa shape index (κ1) is 15.7. The number of nitrogens with one attached hydrogen (secondary N) is 1. The van der Waals surface area contributed by atoms with Gasteiger partial charge in [-0.25, -0.2) is 8.42 Å². The lowest BCUT2D eigenvalue weighted by molar-refractivity contribution is 0.361. The fourth-order valence-corrected chi connectivity index (χ4v) is 3.72. The van der Waals surface area contributed by atoms with Crippen LogP contribution in [-0.4, -0.2) is 31.1 Å². The molecule has 0 heterocycles. The third kappa shape index (κ3) is 3.78. The molecule has 6 heteroatoms. The number of nitrogens with zero attached hydrogens (tertiary/aromatic N) is 1. The molecule has 0 fully saturated rings. The van der Waals surface area contributed by atoms with E-state index in [-0.39, 0.29) is 24.8 Å². The molecule has 0 aliphatic carbocycles. The Morgan fingerprint density at radius 2 is 1.95 bits per heavy atom. The maximum absolute atomic E-state index is 12.6. The number of sulfonamides is 1. The van der Waals surface area contributed by atoms with Crippen molar-refractivity contribution in [2.24, 2.45) is 5.73 Å². The van der Waals surface area contributed by atoms with Crippen LogP contribution in [0.4, 0.5) is 0 Å². The van der Waals surface area contributed by atoms with E-state index in [0.717, 1.165) is 5.56 Å². The van der Waals surface area contributed by atoms with Gasteiger partial charge in [-0.15, -0.1) is 0 Å². The van der Waals surface area contributed by atoms with E-state index in [0.29, 0.717) is 4.90 Å². The standard InChI is InChI=1S/C13H21N3O2S/c1-10(2)16(9-8-13(14)15)19(17,18)12-7-5-4-6-11(12)3/h4-7,10H,8-9H2,1-3H3,(H3,14,15). The van der Waals surface area contributed by atoms with Gasteiger partial charge in [0.05, 0.1) is 10.7 Å². The van der Waals surface area contributed by atoms with E-state index in [2.05, 4.69) is 0 Å². The second-order valence-corrected chi connectivity index (χ2v) is 6.61.